The highest BCUT2D eigenvalue weighted by molar-refractivity contribution is 8.00. The standard InChI is InChI=1S/C17H19N5O2S/c1-10-5-7-14(8-6-10)22-13(4)19-20-17(22)25-12(3)16(23)18-15-9-11(2)24-21-15/h5-9,12H,1-4H3,(H,18,21,23). The van der Waals surface area contributed by atoms with Crippen molar-refractivity contribution in [1.29, 1.82) is 0 Å². The second-order valence-corrected chi connectivity index (χ2v) is 7.08. The number of nitrogens with zero attached hydrogens (tertiary/aromatic N) is 4. The average Bonchev–Trinajstić information content (AvgIpc) is 3.14. The molecule has 0 spiro atoms. The second-order valence-electron chi connectivity index (χ2n) is 5.77. The summed E-state index contributed by atoms with van der Waals surface area (Å²) in [5, 5.41) is 15.2. The van der Waals surface area contributed by atoms with Crippen LogP contribution in [0.2, 0.25) is 0 Å². The van der Waals surface area contributed by atoms with E-state index in [9.17, 15) is 4.79 Å². The van der Waals surface area contributed by atoms with Gasteiger partial charge in [0.05, 0.1) is 5.25 Å². The highest BCUT2D eigenvalue weighted by Crippen LogP contribution is 2.26. The Bertz CT molecular complexity index is 885. The predicted molar refractivity (Wildman–Crippen MR) is 96.0 cm³/mol. The van der Waals surface area contributed by atoms with Crippen molar-refractivity contribution in [2.75, 3.05) is 5.32 Å². The predicted octanol–water partition coefficient (Wildman–Crippen LogP) is 3.30. The molecule has 1 aromatic carbocycles. The molecule has 0 fully saturated rings. The molecule has 1 amide bonds. The molecular formula is C17H19N5O2S. The highest BCUT2D eigenvalue weighted by atomic mass is 32.2. The van der Waals surface area contributed by atoms with Crippen molar-refractivity contribution in [3.05, 3.63) is 47.5 Å². The highest BCUT2D eigenvalue weighted by Gasteiger charge is 2.20. The molecule has 1 atom stereocenters. The minimum absolute atomic E-state index is 0.172. The molecule has 0 aliphatic rings. The molecule has 0 aliphatic heterocycles. The molecule has 3 aromatic rings. The third-order valence-electron chi connectivity index (χ3n) is 3.62. The summed E-state index contributed by atoms with van der Waals surface area (Å²) >= 11 is 1.34. The molecule has 0 saturated carbocycles. The van der Waals surface area contributed by atoms with Crippen molar-refractivity contribution < 1.29 is 9.32 Å². The van der Waals surface area contributed by atoms with Crippen LogP contribution in [0, 0.1) is 20.8 Å². The van der Waals surface area contributed by atoms with Gasteiger partial charge in [0.15, 0.2) is 11.0 Å². The molecule has 0 saturated heterocycles. The van der Waals surface area contributed by atoms with Gasteiger partial charge in [-0.05, 0) is 39.8 Å². The van der Waals surface area contributed by atoms with Gasteiger partial charge in [-0.15, -0.1) is 10.2 Å². The van der Waals surface area contributed by atoms with Crippen LogP contribution < -0.4 is 5.32 Å². The summed E-state index contributed by atoms with van der Waals surface area (Å²) in [4.78, 5) is 12.4. The summed E-state index contributed by atoms with van der Waals surface area (Å²) in [6, 6.07) is 9.77. The van der Waals surface area contributed by atoms with Crippen molar-refractivity contribution in [2.45, 2.75) is 38.1 Å². The van der Waals surface area contributed by atoms with Gasteiger partial charge in [0.2, 0.25) is 5.91 Å². The fourth-order valence-electron chi connectivity index (χ4n) is 2.28. The summed E-state index contributed by atoms with van der Waals surface area (Å²) in [6.45, 7) is 7.51. The van der Waals surface area contributed by atoms with Crippen molar-refractivity contribution in [3.8, 4) is 5.69 Å². The molecule has 3 rings (SSSR count). The zero-order valence-corrected chi connectivity index (χ0v) is 15.3. The number of thioether (sulfide) groups is 1. The van der Waals surface area contributed by atoms with Crippen LogP contribution in [0.15, 0.2) is 40.0 Å². The van der Waals surface area contributed by atoms with Gasteiger partial charge < -0.3 is 9.84 Å². The first-order valence-corrected chi connectivity index (χ1v) is 8.72. The van der Waals surface area contributed by atoms with Crippen LogP contribution in [0.4, 0.5) is 5.82 Å². The lowest BCUT2D eigenvalue weighted by molar-refractivity contribution is -0.115. The number of rotatable bonds is 5. The Morgan fingerprint density at radius 3 is 2.56 bits per heavy atom. The van der Waals surface area contributed by atoms with Crippen LogP contribution in [0.3, 0.4) is 0 Å². The first-order chi connectivity index (χ1) is 11.9. The van der Waals surface area contributed by atoms with Crippen LogP contribution in [0.25, 0.3) is 5.69 Å². The molecule has 0 bridgehead atoms. The van der Waals surface area contributed by atoms with E-state index < -0.39 is 0 Å². The van der Waals surface area contributed by atoms with Crippen LogP contribution in [0.5, 0.6) is 0 Å². The molecule has 0 radical (unpaired) electrons. The van der Waals surface area contributed by atoms with Crippen LogP contribution in [0.1, 0.15) is 24.1 Å². The summed E-state index contributed by atoms with van der Waals surface area (Å²) in [7, 11) is 0. The summed E-state index contributed by atoms with van der Waals surface area (Å²) in [5.41, 5.74) is 2.15. The van der Waals surface area contributed by atoms with E-state index in [1.54, 1.807) is 13.0 Å². The maximum absolute atomic E-state index is 12.4. The zero-order valence-electron chi connectivity index (χ0n) is 14.5. The quantitative estimate of drug-likeness (QED) is 0.705. The van der Waals surface area contributed by atoms with Gasteiger partial charge in [-0.1, -0.05) is 34.6 Å². The Morgan fingerprint density at radius 2 is 1.92 bits per heavy atom. The van der Waals surface area contributed by atoms with E-state index in [2.05, 4.69) is 20.7 Å². The van der Waals surface area contributed by atoms with E-state index in [0.29, 0.717) is 16.7 Å². The number of aromatic nitrogens is 4. The van der Waals surface area contributed by atoms with Gasteiger partial charge in [0.1, 0.15) is 11.6 Å². The largest absolute Gasteiger partial charge is 0.360 e. The summed E-state index contributed by atoms with van der Waals surface area (Å²) in [5.74, 6) is 1.65. The first-order valence-electron chi connectivity index (χ1n) is 7.84. The molecule has 8 heteroatoms. The average molecular weight is 357 g/mol. The lowest BCUT2D eigenvalue weighted by atomic mass is 10.2. The van der Waals surface area contributed by atoms with E-state index in [0.717, 1.165) is 11.5 Å². The maximum Gasteiger partial charge on any atom is 0.238 e. The van der Waals surface area contributed by atoms with Crippen molar-refractivity contribution in [2.24, 2.45) is 0 Å². The number of anilines is 1. The Balaban J connectivity index is 1.76. The lowest BCUT2D eigenvalue weighted by Gasteiger charge is -2.12. The molecule has 2 aromatic heterocycles. The van der Waals surface area contributed by atoms with E-state index >= 15 is 0 Å². The smallest absolute Gasteiger partial charge is 0.238 e. The van der Waals surface area contributed by atoms with E-state index in [1.165, 1.54) is 17.3 Å². The number of benzene rings is 1. The topological polar surface area (TPSA) is 85.8 Å². The van der Waals surface area contributed by atoms with Crippen molar-refractivity contribution in [3.63, 3.8) is 0 Å². The van der Waals surface area contributed by atoms with Gasteiger partial charge in [-0.25, -0.2) is 0 Å². The minimum atomic E-state index is -0.371. The fraction of sp³-hybridized carbons (Fsp3) is 0.294. The van der Waals surface area contributed by atoms with Crippen LogP contribution in [-0.2, 0) is 4.79 Å². The molecule has 1 N–H and O–H groups in total. The Hall–Kier alpha value is -2.61. The van der Waals surface area contributed by atoms with Crippen LogP contribution in [-0.4, -0.2) is 31.1 Å². The normalized spacial score (nSPS) is 12.2. The Kier molecular flexibility index (Phi) is 4.89. The Morgan fingerprint density at radius 1 is 1.20 bits per heavy atom. The molecule has 130 valence electrons. The van der Waals surface area contributed by atoms with Crippen molar-refractivity contribution >= 4 is 23.5 Å². The maximum atomic E-state index is 12.4. The van der Waals surface area contributed by atoms with E-state index in [1.807, 2.05) is 49.6 Å². The van der Waals surface area contributed by atoms with Crippen LogP contribution >= 0.6 is 11.8 Å². The van der Waals surface area contributed by atoms with Gasteiger partial charge in [0, 0.05) is 11.8 Å². The van der Waals surface area contributed by atoms with Gasteiger partial charge in [-0.2, -0.15) is 0 Å². The molecular weight excluding hydrogens is 338 g/mol. The summed E-state index contributed by atoms with van der Waals surface area (Å²) < 4.78 is 6.89. The van der Waals surface area contributed by atoms with Gasteiger partial charge >= 0.3 is 0 Å². The van der Waals surface area contributed by atoms with Gasteiger partial charge in [0.25, 0.3) is 0 Å². The molecule has 7 nitrogen and oxygen atoms in total. The second kappa shape index (κ2) is 7.10. The fourth-order valence-corrected chi connectivity index (χ4v) is 3.19. The molecule has 1 unspecified atom stereocenters. The van der Waals surface area contributed by atoms with Gasteiger partial charge in [-0.3, -0.25) is 9.36 Å². The number of hydrogen-bond donors (Lipinski definition) is 1. The first kappa shape index (κ1) is 17.2. The lowest BCUT2D eigenvalue weighted by Crippen LogP contribution is -2.23. The monoisotopic (exact) mass is 357 g/mol. The number of nitrogens with one attached hydrogen (secondary N) is 1. The molecule has 2 heterocycles. The van der Waals surface area contributed by atoms with E-state index in [-0.39, 0.29) is 11.2 Å². The Labute approximate surface area is 149 Å². The number of aryl methyl sites for hydroxylation is 3. The minimum Gasteiger partial charge on any atom is -0.360 e. The third-order valence-corrected chi connectivity index (χ3v) is 4.66. The summed E-state index contributed by atoms with van der Waals surface area (Å²) in [6.07, 6.45) is 0. The third kappa shape index (κ3) is 3.90. The zero-order chi connectivity index (χ0) is 18.0. The van der Waals surface area contributed by atoms with Crippen molar-refractivity contribution in [1.82, 2.24) is 19.9 Å². The molecule has 0 aliphatic carbocycles. The SMILES string of the molecule is Cc1ccc(-n2c(C)nnc2SC(C)C(=O)Nc2cc(C)on2)cc1. The van der Waals surface area contributed by atoms with E-state index in [4.69, 9.17) is 4.52 Å². The number of carbonyl (C=O) groups is 1. The number of hydrogen-bond acceptors (Lipinski definition) is 6. The number of carbonyl (C=O) groups excluding carboxylic acids is 1. The number of amides is 1. The molecule has 25 heavy (non-hydrogen) atoms.